The Bertz CT molecular complexity index is 348. The minimum Gasteiger partial charge on any atom is -0.402 e. The van der Waals surface area contributed by atoms with Crippen molar-refractivity contribution in [2.24, 2.45) is 11.5 Å². The van der Waals surface area contributed by atoms with Gasteiger partial charge in [-0.25, -0.2) is 0 Å². The van der Waals surface area contributed by atoms with E-state index in [9.17, 15) is 0 Å². The van der Waals surface area contributed by atoms with Gasteiger partial charge >= 0.3 is 0 Å². The number of rotatable bonds is 3. The van der Waals surface area contributed by atoms with Gasteiger partial charge in [0.15, 0.2) is 0 Å². The first-order chi connectivity index (χ1) is 7.98. The molecular formula is C15H26N2. The van der Waals surface area contributed by atoms with E-state index in [0.29, 0.717) is 6.54 Å². The summed E-state index contributed by atoms with van der Waals surface area (Å²) in [5, 5.41) is 0. The predicted molar refractivity (Wildman–Crippen MR) is 76.9 cm³/mol. The molecule has 0 radical (unpaired) electrons. The van der Waals surface area contributed by atoms with E-state index >= 15 is 0 Å². The van der Waals surface area contributed by atoms with E-state index in [1.807, 2.05) is 26.8 Å². The zero-order valence-electron chi connectivity index (χ0n) is 11.7. The fourth-order valence-electron chi connectivity index (χ4n) is 1.70. The van der Waals surface area contributed by atoms with E-state index in [0.717, 1.165) is 5.70 Å². The van der Waals surface area contributed by atoms with Gasteiger partial charge in [0.1, 0.15) is 0 Å². The summed E-state index contributed by atoms with van der Waals surface area (Å²) >= 11 is 0. The number of allylic oxidation sites excluding steroid dienone is 1. The topological polar surface area (TPSA) is 52.0 Å². The Hall–Kier alpha value is -1.28. The van der Waals surface area contributed by atoms with Gasteiger partial charge in [-0.15, -0.1) is 0 Å². The summed E-state index contributed by atoms with van der Waals surface area (Å²) in [5.74, 6) is 0. The van der Waals surface area contributed by atoms with Crippen LogP contribution in [-0.4, -0.2) is 6.54 Å². The van der Waals surface area contributed by atoms with Crippen LogP contribution in [0, 0.1) is 6.92 Å². The van der Waals surface area contributed by atoms with E-state index < -0.39 is 0 Å². The third-order valence-corrected chi connectivity index (χ3v) is 2.68. The summed E-state index contributed by atoms with van der Waals surface area (Å²) in [5.41, 5.74) is 14.7. The molecular weight excluding hydrogens is 208 g/mol. The van der Waals surface area contributed by atoms with Crippen LogP contribution in [0.4, 0.5) is 0 Å². The molecule has 0 saturated carbocycles. The van der Waals surface area contributed by atoms with Gasteiger partial charge in [0, 0.05) is 17.7 Å². The summed E-state index contributed by atoms with van der Waals surface area (Å²) in [6.45, 7) is 10.6. The molecule has 2 heteroatoms. The molecule has 4 N–H and O–H groups in total. The molecule has 0 fully saturated rings. The maximum Gasteiger partial charge on any atom is 0.0246 e. The largest absolute Gasteiger partial charge is 0.402 e. The first-order valence-electron chi connectivity index (χ1n) is 6.20. The molecule has 17 heavy (non-hydrogen) atoms. The lowest BCUT2D eigenvalue weighted by Crippen LogP contribution is -2.30. The fraction of sp³-hybridized carbons (Fsp3) is 0.467. The average molecular weight is 234 g/mol. The maximum absolute atomic E-state index is 5.83. The zero-order valence-corrected chi connectivity index (χ0v) is 11.7. The van der Waals surface area contributed by atoms with E-state index in [1.165, 1.54) is 11.1 Å². The molecule has 0 heterocycles. The Morgan fingerprint density at radius 3 is 2.06 bits per heavy atom. The van der Waals surface area contributed by atoms with Gasteiger partial charge in [-0.1, -0.05) is 56.7 Å². The number of hydrogen-bond acceptors (Lipinski definition) is 2. The molecule has 0 aliphatic carbocycles. The van der Waals surface area contributed by atoms with E-state index in [2.05, 4.69) is 38.1 Å². The van der Waals surface area contributed by atoms with Crippen molar-refractivity contribution in [2.75, 3.05) is 6.54 Å². The Labute approximate surface area is 106 Å². The molecule has 1 rings (SSSR count). The highest BCUT2D eigenvalue weighted by molar-refractivity contribution is 5.33. The Morgan fingerprint density at radius 1 is 1.24 bits per heavy atom. The van der Waals surface area contributed by atoms with E-state index in [4.69, 9.17) is 11.5 Å². The van der Waals surface area contributed by atoms with Crippen LogP contribution in [0.2, 0.25) is 0 Å². The fourth-order valence-corrected chi connectivity index (χ4v) is 1.70. The molecule has 1 aromatic rings. The first-order valence-corrected chi connectivity index (χ1v) is 6.20. The molecule has 0 aromatic heterocycles. The van der Waals surface area contributed by atoms with Crippen molar-refractivity contribution in [1.82, 2.24) is 0 Å². The predicted octanol–water partition coefficient (Wildman–Crippen LogP) is 3.10. The molecule has 0 spiro atoms. The molecule has 0 aliphatic heterocycles. The lowest BCUT2D eigenvalue weighted by Gasteiger charge is -2.25. The third-order valence-electron chi connectivity index (χ3n) is 2.68. The Morgan fingerprint density at radius 2 is 1.71 bits per heavy atom. The van der Waals surface area contributed by atoms with Gasteiger partial charge in [0.25, 0.3) is 0 Å². The highest BCUT2D eigenvalue weighted by Crippen LogP contribution is 2.25. The van der Waals surface area contributed by atoms with Crippen molar-refractivity contribution < 1.29 is 0 Å². The molecule has 0 saturated heterocycles. The molecule has 0 aliphatic rings. The van der Waals surface area contributed by atoms with Crippen LogP contribution in [-0.2, 0) is 5.41 Å². The van der Waals surface area contributed by atoms with Crippen LogP contribution in [0.15, 0.2) is 36.0 Å². The van der Waals surface area contributed by atoms with Gasteiger partial charge in [0.2, 0.25) is 0 Å². The number of benzene rings is 1. The minimum absolute atomic E-state index is 0.160. The summed E-state index contributed by atoms with van der Waals surface area (Å²) in [6.07, 6.45) is 2.03. The lowest BCUT2D eigenvalue weighted by molar-refractivity contribution is 0.603. The summed E-state index contributed by atoms with van der Waals surface area (Å²) in [7, 11) is 0. The van der Waals surface area contributed by atoms with Crippen molar-refractivity contribution in [3.8, 4) is 0 Å². The van der Waals surface area contributed by atoms with Crippen molar-refractivity contribution in [3.05, 3.63) is 47.2 Å². The van der Waals surface area contributed by atoms with Crippen molar-refractivity contribution >= 4 is 0 Å². The maximum atomic E-state index is 5.83. The second-order valence-electron chi connectivity index (χ2n) is 4.38. The zero-order chi connectivity index (χ0) is 13.5. The standard InChI is InChI=1S/C13H20N2.C2H6/c1-10-4-6-12(7-5-10)13(3,9-14)8-11(2)15;1-2/h4-8H,9,14-15H2,1-3H3;1-2H3/b11-8-;. The SMILES string of the molecule is C/C(N)=C/C(C)(CN)c1ccc(C)cc1.CC. The minimum atomic E-state index is -0.160. The van der Waals surface area contributed by atoms with Gasteiger partial charge in [-0.3, -0.25) is 0 Å². The second-order valence-corrected chi connectivity index (χ2v) is 4.38. The second kappa shape index (κ2) is 7.13. The molecule has 0 amide bonds. The van der Waals surface area contributed by atoms with Crippen molar-refractivity contribution in [3.63, 3.8) is 0 Å². The smallest absolute Gasteiger partial charge is 0.0246 e. The summed E-state index contributed by atoms with van der Waals surface area (Å²) in [4.78, 5) is 0. The molecule has 2 nitrogen and oxygen atoms in total. The van der Waals surface area contributed by atoms with Crippen LogP contribution in [0.1, 0.15) is 38.8 Å². The van der Waals surface area contributed by atoms with Crippen LogP contribution in [0.3, 0.4) is 0 Å². The highest BCUT2D eigenvalue weighted by Gasteiger charge is 2.21. The monoisotopic (exact) mass is 234 g/mol. The lowest BCUT2D eigenvalue weighted by atomic mass is 9.81. The third kappa shape index (κ3) is 4.61. The van der Waals surface area contributed by atoms with Gasteiger partial charge in [-0.2, -0.15) is 0 Å². The van der Waals surface area contributed by atoms with E-state index in [1.54, 1.807) is 0 Å². The highest BCUT2D eigenvalue weighted by atomic mass is 14.6. The molecule has 1 aromatic carbocycles. The quantitative estimate of drug-likeness (QED) is 0.844. The number of aryl methyl sites for hydroxylation is 1. The van der Waals surface area contributed by atoms with Crippen LogP contribution >= 0.6 is 0 Å². The first kappa shape index (κ1) is 15.7. The molecule has 1 unspecified atom stereocenters. The average Bonchev–Trinajstić information content (AvgIpc) is 2.31. The van der Waals surface area contributed by atoms with Crippen LogP contribution in [0.5, 0.6) is 0 Å². The Balaban J connectivity index is 0.00000121. The number of hydrogen-bond donors (Lipinski definition) is 2. The van der Waals surface area contributed by atoms with Crippen LogP contribution in [0.25, 0.3) is 0 Å². The molecule has 1 atom stereocenters. The molecule has 96 valence electrons. The number of nitrogens with two attached hydrogens (primary N) is 2. The molecule has 0 bridgehead atoms. The van der Waals surface area contributed by atoms with Crippen LogP contribution < -0.4 is 11.5 Å². The van der Waals surface area contributed by atoms with Crippen molar-refractivity contribution in [1.29, 1.82) is 0 Å². The summed E-state index contributed by atoms with van der Waals surface area (Å²) in [6, 6.07) is 8.43. The van der Waals surface area contributed by atoms with Gasteiger partial charge < -0.3 is 11.5 Å². The van der Waals surface area contributed by atoms with Crippen molar-refractivity contribution in [2.45, 2.75) is 40.0 Å². The Kier molecular flexibility index (Phi) is 6.59. The van der Waals surface area contributed by atoms with E-state index in [-0.39, 0.29) is 5.41 Å². The summed E-state index contributed by atoms with van der Waals surface area (Å²) < 4.78 is 0. The van der Waals surface area contributed by atoms with Gasteiger partial charge in [0.05, 0.1) is 0 Å². The van der Waals surface area contributed by atoms with Gasteiger partial charge in [-0.05, 0) is 19.4 Å². The normalized spacial score (nSPS) is 14.6.